The quantitative estimate of drug-likeness (QED) is 0.859. The summed E-state index contributed by atoms with van der Waals surface area (Å²) >= 11 is 10.4. The summed E-state index contributed by atoms with van der Waals surface area (Å²) in [5, 5.41) is 0.507. The number of nitrogens with zero attached hydrogens (tertiary/aromatic N) is 2. The van der Waals surface area contributed by atoms with Gasteiger partial charge in [-0.2, -0.15) is 8.78 Å². The van der Waals surface area contributed by atoms with Gasteiger partial charge in [0.2, 0.25) is 5.82 Å². The van der Waals surface area contributed by atoms with Crippen LogP contribution in [0.1, 0.15) is 5.82 Å². The second kappa shape index (κ2) is 4.23. The molecule has 90 valence electrons. The SMILES string of the molecule is Nc1nc(C(F)(F)C(Cl)Cl)nc2ccccc12. The molecule has 0 unspecified atom stereocenters. The van der Waals surface area contributed by atoms with E-state index in [0.717, 1.165) is 0 Å². The molecule has 0 saturated heterocycles. The predicted octanol–water partition coefficient (Wildman–Crippen LogP) is 3.11. The number of rotatable bonds is 2. The minimum atomic E-state index is -3.54. The van der Waals surface area contributed by atoms with E-state index in [2.05, 4.69) is 9.97 Å². The zero-order valence-electron chi connectivity index (χ0n) is 8.37. The van der Waals surface area contributed by atoms with E-state index in [1.165, 1.54) is 0 Å². The number of para-hydroxylation sites is 1. The molecule has 17 heavy (non-hydrogen) atoms. The molecule has 0 amide bonds. The van der Waals surface area contributed by atoms with E-state index in [-0.39, 0.29) is 5.82 Å². The molecular weight excluding hydrogens is 271 g/mol. The van der Waals surface area contributed by atoms with Crippen LogP contribution in [0.15, 0.2) is 24.3 Å². The van der Waals surface area contributed by atoms with Crippen LogP contribution in [0, 0.1) is 0 Å². The molecule has 2 aromatic rings. The van der Waals surface area contributed by atoms with E-state index >= 15 is 0 Å². The summed E-state index contributed by atoms with van der Waals surface area (Å²) in [5.41, 5.74) is 5.91. The highest BCUT2D eigenvalue weighted by molar-refractivity contribution is 6.44. The van der Waals surface area contributed by atoms with Crippen molar-refractivity contribution in [1.29, 1.82) is 0 Å². The Morgan fingerprint density at radius 1 is 1.18 bits per heavy atom. The van der Waals surface area contributed by atoms with Gasteiger partial charge in [0.1, 0.15) is 5.82 Å². The fourth-order valence-electron chi connectivity index (χ4n) is 1.35. The topological polar surface area (TPSA) is 51.8 Å². The van der Waals surface area contributed by atoms with Crippen LogP contribution in [0.2, 0.25) is 0 Å². The minimum Gasteiger partial charge on any atom is -0.383 e. The van der Waals surface area contributed by atoms with Crippen LogP contribution in [0.25, 0.3) is 10.9 Å². The number of benzene rings is 1. The maximum atomic E-state index is 13.5. The van der Waals surface area contributed by atoms with Crippen molar-refractivity contribution in [2.75, 3.05) is 5.73 Å². The summed E-state index contributed by atoms with van der Waals surface area (Å²) in [5.74, 6) is -4.34. The van der Waals surface area contributed by atoms with Crippen LogP contribution >= 0.6 is 23.2 Å². The monoisotopic (exact) mass is 277 g/mol. The molecule has 0 radical (unpaired) electrons. The molecule has 0 atom stereocenters. The van der Waals surface area contributed by atoms with E-state index < -0.39 is 16.6 Å². The maximum absolute atomic E-state index is 13.5. The standard InChI is InChI=1S/C10H7Cl2F2N3/c11-8(12)10(13,14)9-16-6-4-2-1-3-5(6)7(15)17-9/h1-4,8H,(H2,15,16,17). The summed E-state index contributed by atoms with van der Waals surface area (Å²) in [6.07, 6.45) is 0. The average molecular weight is 278 g/mol. The van der Waals surface area contributed by atoms with Crippen LogP contribution in [0.4, 0.5) is 14.6 Å². The average Bonchev–Trinajstić information content (AvgIpc) is 2.28. The van der Waals surface area contributed by atoms with Crippen LogP contribution < -0.4 is 5.73 Å². The first-order chi connectivity index (χ1) is 7.93. The van der Waals surface area contributed by atoms with Crippen LogP contribution in [-0.4, -0.2) is 14.8 Å². The Kier molecular flexibility index (Phi) is 3.05. The van der Waals surface area contributed by atoms with Crippen LogP contribution in [-0.2, 0) is 5.92 Å². The number of alkyl halides is 4. The van der Waals surface area contributed by atoms with Gasteiger partial charge in [-0.05, 0) is 12.1 Å². The van der Waals surface area contributed by atoms with Gasteiger partial charge in [0.25, 0.3) is 0 Å². The lowest BCUT2D eigenvalue weighted by molar-refractivity contribution is 0.00173. The molecule has 0 bridgehead atoms. The number of halogens is 4. The highest BCUT2D eigenvalue weighted by Gasteiger charge is 2.43. The minimum absolute atomic E-state index is 0.0285. The first-order valence-electron chi connectivity index (χ1n) is 4.61. The molecule has 0 aliphatic rings. The lowest BCUT2D eigenvalue weighted by atomic mass is 10.2. The smallest absolute Gasteiger partial charge is 0.336 e. The van der Waals surface area contributed by atoms with Crippen molar-refractivity contribution in [2.45, 2.75) is 10.8 Å². The van der Waals surface area contributed by atoms with Crippen molar-refractivity contribution >= 4 is 39.9 Å². The third kappa shape index (κ3) is 2.12. The van der Waals surface area contributed by atoms with Crippen molar-refractivity contribution < 1.29 is 8.78 Å². The highest BCUT2D eigenvalue weighted by atomic mass is 35.5. The molecule has 1 aromatic carbocycles. The van der Waals surface area contributed by atoms with Crippen LogP contribution in [0.5, 0.6) is 0 Å². The summed E-state index contributed by atoms with van der Waals surface area (Å²) in [6.45, 7) is 0. The van der Waals surface area contributed by atoms with Crippen LogP contribution in [0.3, 0.4) is 0 Å². The zero-order valence-corrected chi connectivity index (χ0v) is 9.88. The fourth-order valence-corrected chi connectivity index (χ4v) is 1.54. The van der Waals surface area contributed by atoms with E-state index in [1.807, 2.05) is 0 Å². The van der Waals surface area contributed by atoms with E-state index in [0.29, 0.717) is 10.9 Å². The lowest BCUT2D eigenvalue weighted by Crippen LogP contribution is -2.25. The Bertz CT molecular complexity index is 560. The molecule has 0 aliphatic heterocycles. The van der Waals surface area contributed by atoms with Gasteiger partial charge < -0.3 is 5.73 Å². The largest absolute Gasteiger partial charge is 0.383 e. The Morgan fingerprint density at radius 3 is 2.47 bits per heavy atom. The molecule has 0 spiro atoms. The zero-order chi connectivity index (χ0) is 12.6. The van der Waals surface area contributed by atoms with Gasteiger partial charge in [-0.1, -0.05) is 35.3 Å². The number of nitrogens with two attached hydrogens (primary N) is 1. The number of aromatic nitrogens is 2. The molecule has 0 fully saturated rings. The van der Waals surface area contributed by atoms with Gasteiger partial charge in [-0.15, -0.1) is 0 Å². The predicted molar refractivity (Wildman–Crippen MR) is 63.3 cm³/mol. The van der Waals surface area contributed by atoms with E-state index in [9.17, 15) is 8.78 Å². The molecule has 1 heterocycles. The van der Waals surface area contributed by atoms with Gasteiger partial charge >= 0.3 is 5.92 Å². The van der Waals surface area contributed by atoms with Gasteiger partial charge in [0, 0.05) is 5.39 Å². The second-order valence-corrected chi connectivity index (χ2v) is 4.47. The summed E-state index contributed by atoms with van der Waals surface area (Å²) in [4.78, 5) is 5.33. The third-order valence-corrected chi connectivity index (χ3v) is 2.75. The Morgan fingerprint density at radius 2 is 1.82 bits per heavy atom. The van der Waals surface area contributed by atoms with Gasteiger partial charge in [-0.3, -0.25) is 0 Å². The second-order valence-electron chi connectivity index (χ2n) is 3.37. The van der Waals surface area contributed by atoms with Gasteiger partial charge in [0.05, 0.1) is 5.52 Å². The van der Waals surface area contributed by atoms with Gasteiger partial charge in [-0.25, -0.2) is 9.97 Å². The summed E-state index contributed by atoms with van der Waals surface area (Å²) in [6, 6.07) is 6.58. The highest BCUT2D eigenvalue weighted by Crippen LogP contribution is 2.36. The summed E-state index contributed by atoms with van der Waals surface area (Å²) in [7, 11) is 0. The Hall–Kier alpha value is -1.20. The van der Waals surface area contributed by atoms with E-state index in [4.69, 9.17) is 28.9 Å². The first kappa shape index (κ1) is 12.3. The van der Waals surface area contributed by atoms with Gasteiger partial charge in [0.15, 0.2) is 4.84 Å². The number of hydrogen-bond acceptors (Lipinski definition) is 3. The summed E-state index contributed by atoms with van der Waals surface area (Å²) < 4.78 is 27.1. The Labute approximate surface area is 106 Å². The van der Waals surface area contributed by atoms with Crippen molar-refractivity contribution in [3.8, 4) is 0 Å². The van der Waals surface area contributed by atoms with Crippen molar-refractivity contribution in [2.24, 2.45) is 0 Å². The first-order valence-corrected chi connectivity index (χ1v) is 5.49. The maximum Gasteiger partial charge on any atom is 0.336 e. The molecule has 2 rings (SSSR count). The number of fused-ring (bicyclic) bond motifs is 1. The molecule has 7 heteroatoms. The lowest BCUT2D eigenvalue weighted by Gasteiger charge is -2.16. The normalized spacial score (nSPS) is 12.3. The fraction of sp³-hybridized carbons (Fsp3) is 0.200. The molecular formula is C10H7Cl2F2N3. The van der Waals surface area contributed by atoms with Crippen molar-refractivity contribution in [3.63, 3.8) is 0 Å². The van der Waals surface area contributed by atoms with E-state index in [1.54, 1.807) is 24.3 Å². The van der Waals surface area contributed by atoms with Crippen molar-refractivity contribution in [3.05, 3.63) is 30.1 Å². The van der Waals surface area contributed by atoms with Crippen molar-refractivity contribution in [1.82, 2.24) is 9.97 Å². The number of anilines is 1. The molecule has 1 aromatic heterocycles. The third-order valence-electron chi connectivity index (χ3n) is 2.20. The molecule has 2 N–H and O–H groups in total. The Balaban J connectivity index is 2.65. The number of hydrogen-bond donors (Lipinski definition) is 1. The molecule has 3 nitrogen and oxygen atoms in total. The molecule has 0 aliphatic carbocycles. The number of nitrogen functional groups attached to an aromatic ring is 1. The molecule has 0 saturated carbocycles.